The summed E-state index contributed by atoms with van der Waals surface area (Å²) in [6.45, 7) is 3.73. The highest BCUT2D eigenvalue weighted by Gasteiger charge is 2.28. The summed E-state index contributed by atoms with van der Waals surface area (Å²) in [5.41, 5.74) is 2.47. The molecule has 2 heterocycles. The van der Waals surface area contributed by atoms with Gasteiger partial charge in [-0.25, -0.2) is 4.98 Å². The van der Waals surface area contributed by atoms with E-state index in [1.165, 1.54) is 11.8 Å². The lowest BCUT2D eigenvalue weighted by Gasteiger charge is -2.34. The van der Waals surface area contributed by atoms with Crippen molar-refractivity contribution in [2.45, 2.75) is 24.8 Å². The van der Waals surface area contributed by atoms with Gasteiger partial charge in [-0.1, -0.05) is 18.2 Å². The van der Waals surface area contributed by atoms with Gasteiger partial charge in [-0.2, -0.15) is 5.26 Å². The van der Waals surface area contributed by atoms with Crippen LogP contribution in [0.1, 0.15) is 25.3 Å². The molecular formula is C19H21N3O2S. The van der Waals surface area contributed by atoms with Crippen molar-refractivity contribution in [2.75, 3.05) is 30.9 Å². The lowest BCUT2D eigenvalue weighted by atomic mass is 9.95. The minimum absolute atomic E-state index is 0.0464. The van der Waals surface area contributed by atoms with Gasteiger partial charge < -0.3 is 9.64 Å². The van der Waals surface area contributed by atoms with Crippen LogP contribution in [0.25, 0.3) is 10.9 Å². The Morgan fingerprint density at radius 3 is 2.76 bits per heavy atom. The predicted octanol–water partition coefficient (Wildman–Crippen LogP) is 3.61. The van der Waals surface area contributed by atoms with E-state index in [0.29, 0.717) is 12.2 Å². The molecule has 0 unspecified atom stereocenters. The van der Waals surface area contributed by atoms with Gasteiger partial charge in [-0.05, 0) is 32.1 Å². The Morgan fingerprint density at radius 1 is 1.40 bits per heavy atom. The number of esters is 1. The van der Waals surface area contributed by atoms with Gasteiger partial charge in [0.2, 0.25) is 0 Å². The summed E-state index contributed by atoms with van der Waals surface area (Å²) < 4.78 is 5.15. The van der Waals surface area contributed by atoms with Gasteiger partial charge in [0.05, 0.1) is 23.7 Å². The Kier molecular flexibility index (Phi) is 5.44. The molecule has 0 bridgehead atoms. The second kappa shape index (κ2) is 7.75. The van der Waals surface area contributed by atoms with Gasteiger partial charge in [0, 0.05) is 18.5 Å². The first kappa shape index (κ1) is 17.6. The molecule has 0 amide bonds. The summed E-state index contributed by atoms with van der Waals surface area (Å²) in [6.07, 6.45) is 3.43. The lowest BCUT2D eigenvalue weighted by molar-refractivity contribution is -0.148. The number of carbonyl (C=O) groups is 1. The smallest absolute Gasteiger partial charge is 0.309 e. The molecule has 1 aromatic carbocycles. The largest absolute Gasteiger partial charge is 0.466 e. The van der Waals surface area contributed by atoms with Gasteiger partial charge in [0.15, 0.2) is 0 Å². The van der Waals surface area contributed by atoms with Crippen LogP contribution < -0.4 is 4.90 Å². The number of nitriles is 1. The van der Waals surface area contributed by atoms with Crippen LogP contribution in [0, 0.1) is 17.2 Å². The van der Waals surface area contributed by atoms with Crippen LogP contribution in [0.3, 0.4) is 0 Å². The zero-order valence-electron chi connectivity index (χ0n) is 14.5. The molecule has 0 radical (unpaired) electrons. The van der Waals surface area contributed by atoms with E-state index in [1.807, 2.05) is 37.4 Å². The number of thioether (sulfide) groups is 1. The molecule has 0 atom stereocenters. The minimum atomic E-state index is -0.105. The molecule has 0 N–H and O–H groups in total. The van der Waals surface area contributed by atoms with Crippen molar-refractivity contribution in [3.8, 4) is 6.07 Å². The number of hydrogen-bond acceptors (Lipinski definition) is 6. The summed E-state index contributed by atoms with van der Waals surface area (Å²) in [5.74, 6) is -0.151. The number of pyridine rings is 1. The van der Waals surface area contributed by atoms with Crippen molar-refractivity contribution in [1.29, 1.82) is 5.26 Å². The first-order valence-electron chi connectivity index (χ1n) is 8.48. The third-order valence-electron chi connectivity index (χ3n) is 4.57. The number of ether oxygens (including phenoxy) is 1. The highest BCUT2D eigenvalue weighted by Crippen LogP contribution is 2.36. The van der Waals surface area contributed by atoms with Crippen LogP contribution in [0.2, 0.25) is 0 Å². The van der Waals surface area contributed by atoms with E-state index in [2.05, 4.69) is 16.0 Å². The van der Waals surface area contributed by atoms with Crippen LogP contribution in [0.15, 0.2) is 29.3 Å². The molecule has 1 aliphatic rings. The maximum atomic E-state index is 12.0. The van der Waals surface area contributed by atoms with Crippen LogP contribution in [0.5, 0.6) is 0 Å². The Balaban J connectivity index is 1.96. The fraction of sp³-hybridized carbons (Fsp3) is 0.421. The number of nitrogens with zero attached hydrogens (tertiary/aromatic N) is 3. The highest BCUT2D eigenvalue weighted by molar-refractivity contribution is 7.98. The fourth-order valence-electron chi connectivity index (χ4n) is 3.35. The van der Waals surface area contributed by atoms with Crippen LogP contribution >= 0.6 is 11.8 Å². The number of anilines is 1. The van der Waals surface area contributed by atoms with Gasteiger partial charge in [-0.3, -0.25) is 4.79 Å². The summed E-state index contributed by atoms with van der Waals surface area (Å²) in [5, 5.41) is 11.5. The maximum absolute atomic E-state index is 12.0. The van der Waals surface area contributed by atoms with Crippen molar-refractivity contribution >= 4 is 34.3 Å². The third kappa shape index (κ3) is 3.42. The van der Waals surface area contributed by atoms with Gasteiger partial charge >= 0.3 is 5.97 Å². The van der Waals surface area contributed by atoms with E-state index in [1.54, 1.807) is 0 Å². The molecule has 1 saturated heterocycles. The average molecular weight is 355 g/mol. The molecule has 0 aliphatic carbocycles. The molecule has 25 heavy (non-hydrogen) atoms. The summed E-state index contributed by atoms with van der Waals surface area (Å²) in [7, 11) is 0. The van der Waals surface area contributed by atoms with E-state index in [4.69, 9.17) is 4.74 Å². The number of piperidine rings is 1. The summed E-state index contributed by atoms with van der Waals surface area (Å²) >= 11 is 1.49. The Labute approximate surface area is 152 Å². The van der Waals surface area contributed by atoms with E-state index in [9.17, 15) is 10.1 Å². The molecule has 0 saturated carbocycles. The molecule has 3 rings (SSSR count). The minimum Gasteiger partial charge on any atom is -0.466 e. The molecule has 5 nitrogen and oxygen atoms in total. The average Bonchev–Trinajstić information content (AvgIpc) is 2.66. The molecule has 0 spiro atoms. The molecule has 1 fully saturated rings. The van der Waals surface area contributed by atoms with Gasteiger partial charge in [0.25, 0.3) is 0 Å². The van der Waals surface area contributed by atoms with Gasteiger partial charge in [0.1, 0.15) is 16.7 Å². The van der Waals surface area contributed by atoms with E-state index >= 15 is 0 Å². The monoisotopic (exact) mass is 355 g/mol. The van der Waals surface area contributed by atoms with Crippen LogP contribution in [-0.4, -0.2) is 36.9 Å². The number of benzene rings is 1. The number of carbonyl (C=O) groups excluding carboxylic acids is 1. The molecule has 2 aromatic rings. The molecular weight excluding hydrogens is 334 g/mol. The molecule has 1 aromatic heterocycles. The van der Waals surface area contributed by atoms with Crippen LogP contribution in [-0.2, 0) is 9.53 Å². The van der Waals surface area contributed by atoms with Crippen molar-refractivity contribution in [2.24, 2.45) is 5.92 Å². The highest BCUT2D eigenvalue weighted by atomic mass is 32.2. The first-order valence-corrected chi connectivity index (χ1v) is 9.70. The zero-order chi connectivity index (χ0) is 17.8. The Hall–Kier alpha value is -2.26. The lowest BCUT2D eigenvalue weighted by Crippen LogP contribution is -2.37. The van der Waals surface area contributed by atoms with Crippen molar-refractivity contribution < 1.29 is 9.53 Å². The number of fused-ring (bicyclic) bond motifs is 1. The zero-order valence-corrected chi connectivity index (χ0v) is 15.3. The third-order valence-corrected chi connectivity index (χ3v) is 5.25. The molecule has 130 valence electrons. The number of para-hydroxylation sites is 1. The number of hydrogen-bond donors (Lipinski definition) is 0. The summed E-state index contributed by atoms with van der Waals surface area (Å²) in [4.78, 5) is 18.8. The van der Waals surface area contributed by atoms with Crippen molar-refractivity contribution in [3.05, 3.63) is 29.8 Å². The second-order valence-electron chi connectivity index (χ2n) is 5.99. The maximum Gasteiger partial charge on any atom is 0.309 e. The topological polar surface area (TPSA) is 66.2 Å². The van der Waals surface area contributed by atoms with Crippen LogP contribution in [0.4, 0.5) is 5.69 Å². The normalized spacial score (nSPS) is 15.2. The van der Waals surface area contributed by atoms with E-state index < -0.39 is 0 Å². The predicted molar refractivity (Wildman–Crippen MR) is 99.8 cm³/mol. The Bertz CT molecular complexity index is 823. The summed E-state index contributed by atoms with van der Waals surface area (Å²) in [6, 6.07) is 10.3. The van der Waals surface area contributed by atoms with E-state index in [-0.39, 0.29) is 11.9 Å². The second-order valence-corrected chi connectivity index (χ2v) is 6.78. The quantitative estimate of drug-likeness (QED) is 0.616. The first-order chi connectivity index (χ1) is 12.2. The van der Waals surface area contributed by atoms with Crippen molar-refractivity contribution in [1.82, 2.24) is 4.98 Å². The molecule has 1 aliphatic heterocycles. The SMILES string of the molecule is CCOC(=O)C1CCN(c2c(C#N)c(SC)nc3ccccc23)CC1. The van der Waals surface area contributed by atoms with E-state index in [0.717, 1.165) is 47.5 Å². The standard InChI is InChI=1S/C19H21N3O2S/c1-3-24-19(23)13-8-10-22(11-9-13)17-14-6-4-5-7-16(14)21-18(25-2)15(17)12-20/h4-7,13H,3,8-11H2,1-2H3. The number of rotatable bonds is 4. The van der Waals surface area contributed by atoms with Gasteiger partial charge in [-0.15, -0.1) is 11.8 Å². The Morgan fingerprint density at radius 2 is 2.12 bits per heavy atom. The fourth-order valence-corrected chi connectivity index (χ4v) is 3.88. The number of aromatic nitrogens is 1. The van der Waals surface area contributed by atoms with Crippen molar-refractivity contribution in [3.63, 3.8) is 0 Å². The molecule has 6 heteroatoms.